The molecular formula is C13H9F2NO3. The Balaban J connectivity index is 2.19. The van der Waals surface area contributed by atoms with Crippen molar-refractivity contribution >= 4 is 5.97 Å². The van der Waals surface area contributed by atoms with Crippen LogP contribution in [-0.2, 0) is 6.61 Å². The van der Waals surface area contributed by atoms with Crippen LogP contribution >= 0.6 is 0 Å². The van der Waals surface area contributed by atoms with Crippen LogP contribution in [0.15, 0.2) is 36.5 Å². The number of aromatic nitrogens is 1. The van der Waals surface area contributed by atoms with Crippen LogP contribution in [0.25, 0.3) is 0 Å². The van der Waals surface area contributed by atoms with Crippen molar-refractivity contribution in [2.24, 2.45) is 0 Å². The fourth-order valence-electron chi connectivity index (χ4n) is 1.47. The Morgan fingerprint density at radius 3 is 2.79 bits per heavy atom. The second-order valence-corrected chi connectivity index (χ2v) is 3.66. The summed E-state index contributed by atoms with van der Waals surface area (Å²) < 4.78 is 31.5. The van der Waals surface area contributed by atoms with Crippen LogP contribution in [0.1, 0.15) is 15.9 Å². The number of hydrogen-bond acceptors (Lipinski definition) is 3. The van der Waals surface area contributed by atoms with Crippen molar-refractivity contribution < 1.29 is 23.4 Å². The summed E-state index contributed by atoms with van der Waals surface area (Å²) in [5, 5.41) is 8.91. The molecule has 0 atom stereocenters. The summed E-state index contributed by atoms with van der Waals surface area (Å²) in [6.07, 6.45) is 1.35. The van der Waals surface area contributed by atoms with E-state index in [0.29, 0.717) is 0 Å². The molecule has 98 valence electrons. The van der Waals surface area contributed by atoms with E-state index >= 15 is 0 Å². The zero-order valence-electron chi connectivity index (χ0n) is 9.64. The molecule has 0 bridgehead atoms. The summed E-state index contributed by atoms with van der Waals surface area (Å²) in [5.74, 6) is -3.35. The lowest BCUT2D eigenvalue weighted by Crippen LogP contribution is -2.06. The number of hydrogen-bond donors (Lipinski definition) is 1. The van der Waals surface area contributed by atoms with Crippen molar-refractivity contribution in [1.29, 1.82) is 0 Å². The average Bonchev–Trinajstić information content (AvgIpc) is 2.40. The van der Waals surface area contributed by atoms with Gasteiger partial charge < -0.3 is 9.84 Å². The zero-order valence-corrected chi connectivity index (χ0v) is 9.64. The van der Waals surface area contributed by atoms with Crippen molar-refractivity contribution in [2.75, 3.05) is 0 Å². The Labute approximate surface area is 107 Å². The molecule has 0 saturated heterocycles. The molecule has 0 aliphatic rings. The van der Waals surface area contributed by atoms with Gasteiger partial charge in [-0.1, -0.05) is 12.1 Å². The van der Waals surface area contributed by atoms with Crippen LogP contribution in [0.3, 0.4) is 0 Å². The third-order valence-electron chi connectivity index (χ3n) is 2.40. The summed E-state index contributed by atoms with van der Waals surface area (Å²) in [4.78, 5) is 14.6. The number of carbonyl (C=O) groups is 1. The van der Waals surface area contributed by atoms with Crippen LogP contribution in [-0.4, -0.2) is 16.1 Å². The lowest BCUT2D eigenvalue weighted by molar-refractivity contribution is 0.0690. The van der Waals surface area contributed by atoms with Crippen molar-refractivity contribution in [3.63, 3.8) is 0 Å². The Morgan fingerprint density at radius 2 is 2.05 bits per heavy atom. The molecule has 1 heterocycles. The number of rotatable bonds is 4. The molecule has 0 spiro atoms. The van der Waals surface area contributed by atoms with Gasteiger partial charge in [0.25, 0.3) is 0 Å². The lowest BCUT2D eigenvalue weighted by Gasteiger charge is -2.08. The maximum atomic E-state index is 13.4. The summed E-state index contributed by atoms with van der Waals surface area (Å²) >= 11 is 0. The first-order valence-electron chi connectivity index (χ1n) is 5.33. The molecule has 1 N–H and O–H groups in total. The molecule has 2 rings (SSSR count). The molecule has 4 nitrogen and oxygen atoms in total. The van der Waals surface area contributed by atoms with E-state index in [4.69, 9.17) is 9.84 Å². The minimum absolute atomic E-state index is 0.0120. The number of carboxylic acid groups (broad SMARTS) is 1. The van der Waals surface area contributed by atoms with Gasteiger partial charge in [0.15, 0.2) is 11.6 Å². The molecule has 19 heavy (non-hydrogen) atoms. The Bertz CT molecular complexity index is 617. The Kier molecular flexibility index (Phi) is 3.70. The topological polar surface area (TPSA) is 59.4 Å². The summed E-state index contributed by atoms with van der Waals surface area (Å²) in [6.45, 7) is -0.305. The normalized spacial score (nSPS) is 10.2. The highest BCUT2D eigenvalue weighted by atomic mass is 19.2. The minimum Gasteiger partial charge on any atom is -0.477 e. The lowest BCUT2D eigenvalue weighted by atomic mass is 10.2. The van der Waals surface area contributed by atoms with Crippen LogP contribution in [0.4, 0.5) is 8.78 Å². The standard InChI is InChI=1S/C13H9F2NO3/c14-10-5-1-3-8(11(10)15)7-19-12-9(13(17)18)4-2-6-16-12/h1-6H,7H2,(H,17,18). The highest BCUT2D eigenvalue weighted by Crippen LogP contribution is 2.18. The molecule has 0 amide bonds. The van der Waals surface area contributed by atoms with E-state index in [-0.39, 0.29) is 23.6 Å². The van der Waals surface area contributed by atoms with E-state index in [2.05, 4.69) is 4.98 Å². The van der Waals surface area contributed by atoms with Gasteiger partial charge in [0, 0.05) is 11.8 Å². The summed E-state index contributed by atoms with van der Waals surface area (Å²) in [6, 6.07) is 6.43. The van der Waals surface area contributed by atoms with Crippen LogP contribution < -0.4 is 4.74 Å². The van der Waals surface area contributed by atoms with Gasteiger partial charge in [-0.2, -0.15) is 0 Å². The van der Waals surface area contributed by atoms with Crippen molar-refractivity contribution in [3.05, 3.63) is 59.3 Å². The molecule has 1 aromatic carbocycles. The van der Waals surface area contributed by atoms with Crippen LogP contribution in [0.5, 0.6) is 5.88 Å². The summed E-state index contributed by atoms with van der Waals surface area (Å²) in [5.41, 5.74) is -0.152. The molecule has 2 aromatic rings. The summed E-state index contributed by atoms with van der Waals surface area (Å²) in [7, 11) is 0. The van der Waals surface area contributed by atoms with Gasteiger partial charge in [0.05, 0.1) is 0 Å². The minimum atomic E-state index is -1.21. The van der Waals surface area contributed by atoms with E-state index in [0.717, 1.165) is 6.07 Å². The van der Waals surface area contributed by atoms with Gasteiger partial charge in [0.2, 0.25) is 5.88 Å². The number of aromatic carboxylic acids is 1. The van der Waals surface area contributed by atoms with E-state index in [9.17, 15) is 13.6 Å². The quantitative estimate of drug-likeness (QED) is 0.923. The third-order valence-corrected chi connectivity index (χ3v) is 2.40. The second kappa shape index (κ2) is 5.43. The van der Waals surface area contributed by atoms with Crippen molar-refractivity contribution in [3.8, 4) is 5.88 Å². The van der Waals surface area contributed by atoms with Crippen LogP contribution in [0.2, 0.25) is 0 Å². The number of carboxylic acids is 1. The predicted octanol–water partition coefficient (Wildman–Crippen LogP) is 2.64. The maximum absolute atomic E-state index is 13.4. The van der Waals surface area contributed by atoms with E-state index in [1.165, 1.54) is 30.5 Å². The predicted molar refractivity (Wildman–Crippen MR) is 61.9 cm³/mol. The zero-order chi connectivity index (χ0) is 13.8. The van der Waals surface area contributed by atoms with E-state index in [1.54, 1.807) is 0 Å². The third kappa shape index (κ3) is 2.85. The number of benzene rings is 1. The van der Waals surface area contributed by atoms with Gasteiger partial charge in [-0.3, -0.25) is 0 Å². The fourth-order valence-corrected chi connectivity index (χ4v) is 1.47. The van der Waals surface area contributed by atoms with Crippen molar-refractivity contribution in [2.45, 2.75) is 6.61 Å². The second-order valence-electron chi connectivity index (χ2n) is 3.66. The fraction of sp³-hybridized carbons (Fsp3) is 0.0769. The average molecular weight is 265 g/mol. The Morgan fingerprint density at radius 1 is 1.26 bits per heavy atom. The van der Waals surface area contributed by atoms with Gasteiger partial charge in [-0.25, -0.2) is 18.6 Å². The monoisotopic (exact) mass is 265 g/mol. The van der Waals surface area contributed by atoms with Gasteiger partial charge in [-0.05, 0) is 18.2 Å². The molecule has 6 heteroatoms. The molecular weight excluding hydrogens is 256 g/mol. The van der Waals surface area contributed by atoms with E-state index < -0.39 is 17.6 Å². The number of ether oxygens (including phenoxy) is 1. The number of halogens is 2. The van der Waals surface area contributed by atoms with Crippen molar-refractivity contribution in [1.82, 2.24) is 4.98 Å². The molecule has 0 aliphatic carbocycles. The molecule has 0 radical (unpaired) electrons. The molecule has 1 aromatic heterocycles. The molecule has 0 aliphatic heterocycles. The first-order valence-corrected chi connectivity index (χ1v) is 5.33. The van der Waals surface area contributed by atoms with Gasteiger partial charge in [0.1, 0.15) is 12.2 Å². The highest BCUT2D eigenvalue weighted by Gasteiger charge is 2.13. The number of nitrogens with zero attached hydrogens (tertiary/aromatic N) is 1. The van der Waals surface area contributed by atoms with Crippen LogP contribution in [0, 0.1) is 11.6 Å². The van der Waals surface area contributed by atoms with Gasteiger partial charge >= 0.3 is 5.97 Å². The first-order chi connectivity index (χ1) is 9.09. The smallest absolute Gasteiger partial charge is 0.341 e. The maximum Gasteiger partial charge on any atom is 0.341 e. The number of pyridine rings is 1. The largest absolute Gasteiger partial charge is 0.477 e. The van der Waals surface area contributed by atoms with E-state index in [1.807, 2.05) is 0 Å². The molecule has 0 saturated carbocycles. The SMILES string of the molecule is O=C(O)c1cccnc1OCc1cccc(F)c1F. The first kappa shape index (κ1) is 12.9. The Hall–Kier alpha value is -2.50. The molecule has 0 unspecified atom stereocenters. The highest BCUT2D eigenvalue weighted by molar-refractivity contribution is 5.90. The molecule has 0 fully saturated rings. The van der Waals surface area contributed by atoms with Gasteiger partial charge in [-0.15, -0.1) is 0 Å².